The van der Waals surface area contributed by atoms with Crippen LogP contribution in [0.2, 0.25) is 0 Å². The maximum atomic E-state index is 14.7. The Morgan fingerprint density at radius 1 is 0.556 bits per heavy atom. The summed E-state index contributed by atoms with van der Waals surface area (Å²) in [6.07, 6.45) is 0.329. The summed E-state index contributed by atoms with van der Waals surface area (Å²) in [6.45, 7) is 0.357. The van der Waals surface area contributed by atoms with Crippen molar-refractivity contribution >= 4 is 38.7 Å². The van der Waals surface area contributed by atoms with Gasteiger partial charge in [-0.3, -0.25) is 4.79 Å². The van der Waals surface area contributed by atoms with Crippen molar-refractivity contribution in [2.75, 3.05) is 52.7 Å². The van der Waals surface area contributed by atoms with Gasteiger partial charge in [0.05, 0.1) is 51.9 Å². The first-order valence-electron chi connectivity index (χ1n) is 17.8. The zero-order valence-corrected chi connectivity index (χ0v) is 30.1. The SMILES string of the molecule is COc1ccc2c(c1OC)C(CC(=O)CC1Nc3c(ccc4cc5c(cc34)OCO5)-c3ccc(OC)c(OC)c31)Nc1c-2ccc2cc3c(cc12)OCO3. The lowest BCUT2D eigenvalue weighted by Gasteiger charge is -2.34. The van der Waals surface area contributed by atoms with Crippen molar-refractivity contribution in [2.45, 2.75) is 24.9 Å². The van der Waals surface area contributed by atoms with E-state index in [1.807, 2.05) is 48.5 Å². The number of anilines is 2. The van der Waals surface area contributed by atoms with E-state index in [-0.39, 0.29) is 32.2 Å². The highest BCUT2D eigenvalue weighted by Crippen LogP contribution is 2.54. The Hall–Kier alpha value is -6.49. The van der Waals surface area contributed by atoms with Crippen LogP contribution in [-0.2, 0) is 4.79 Å². The lowest BCUT2D eigenvalue weighted by Crippen LogP contribution is -2.25. The third-order valence-electron chi connectivity index (χ3n) is 11.0. The Bertz CT molecular complexity index is 2390. The molecule has 11 nitrogen and oxygen atoms in total. The van der Waals surface area contributed by atoms with E-state index < -0.39 is 12.1 Å². The summed E-state index contributed by atoms with van der Waals surface area (Å²) in [5.41, 5.74) is 7.46. The summed E-state index contributed by atoms with van der Waals surface area (Å²) < 4.78 is 46.4. The van der Waals surface area contributed by atoms with Gasteiger partial charge in [0.25, 0.3) is 0 Å². The molecule has 0 saturated carbocycles. The number of ketones is 1. The highest BCUT2D eigenvalue weighted by atomic mass is 16.7. The molecule has 4 aliphatic rings. The van der Waals surface area contributed by atoms with Gasteiger partial charge in [0.1, 0.15) is 5.78 Å². The number of carbonyl (C=O) groups excluding carboxylic acids is 1. The maximum Gasteiger partial charge on any atom is 0.231 e. The maximum absolute atomic E-state index is 14.7. The highest BCUT2D eigenvalue weighted by molar-refractivity contribution is 6.07. The van der Waals surface area contributed by atoms with Gasteiger partial charge in [-0.05, 0) is 70.4 Å². The fourth-order valence-corrected chi connectivity index (χ4v) is 8.59. The average molecular weight is 725 g/mol. The quantitative estimate of drug-likeness (QED) is 0.157. The lowest BCUT2D eigenvalue weighted by molar-refractivity contribution is -0.119. The van der Waals surface area contributed by atoms with E-state index in [0.717, 1.165) is 66.3 Å². The molecule has 2 unspecified atom stereocenters. The van der Waals surface area contributed by atoms with Crippen LogP contribution in [0.25, 0.3) is 43.8 Å². The van der Waals surface area contributed by atoms with Gasteiger partial charge in [-0.2, -0.15) is 0 Å². The zero-order chi connectivity index (χ0) is 36.7. The molecule has 6 aromatic rings. The Morgan fingerprint density at radius 3 is 1.37 bits per heavy atom. The van der Waals surface area contributed by atoms with Crippen LogP contribution in [0.15, 0.2) is 72.8 Å². The molecule has 0 bridgehead atoms. The number of benzene rings is 6. The molecule has 2 atom stereocenters. The third-order valence-corrected chi connectivity index (χ3v) is 11.0. The number of Topliss-reactive ketones (excluding diaryl/α,β-unsaturated/α-hetero) is 1. The predicted octanol–water partition coefficient (Wildman–Crippen LogP) is 8.80. The van der Waals surface area contributed by atoms with Crippen molar-refractivity contribution in [3.8, 4) is 68.2 Å². The molecule has 6 aromatic carbocycles. The molecule has 0 saturated heterocycles. The number of hydrogen-bond donors (Lipinski definition) is 2. The number of hydrogen-bond acceptors (Lipinski definition) is 11. The first kappa shape index (κ1) is 32.2. The van der Waals surface area contributed by atoms with Crippen LogP contribution in [0.1, 0.15) is 36.1 Å². The van der Waals surface area contributed by atoms with E-state index in [0.29, 0.717) is 46.0 Å². The minimum Gasteiger partial charge on any atom is -0.493 e. The number of ether oxygens (including phenoxy) is 8. The minimum atomic E-state index is -0.441. The van der Waals surface area contributed by atoms with Gasteiger partial charge in [-0.15, -0.1) is 0 Å². The molecule has 0 fully saturated rings. The van der Waals surface area contributed by atoms with Crippen molar-refractivity contribution in [3.63, 3.8) is 0 Å². The number of fused-ring (bicyclic) bond motifs is 12. The average Bonchev–Trinajstić information content (AvgIpc) is 3.87. The molecule has 11 heteroatoms. The standard InChI is InChI=1S/C43H36N2O9/c1-47-32-11-9-24-26-7-5-21-13-34-36(53-19-51-34)17-28(21)40(26)44-30(38(24)42(32)49-3)15-23(46)16-31-39-25(10-12-33(48-2)43(39)50-4)27-8-6-22-14-35-37(54-20-52-35)18-29(22)41(27)45-31/h5-14,17-18,30-31,44-45H,15-16,19-20H2,1-4H3. The molecular weight excluding hydrogens is 688 g/mol. The van der Waals surface area contributed by atoms with Gasteiger partial charge in [-0.25, -0.2) is 0 Å². The first-order chi connectivity index (χ1) is 26.5. The van der Waals surface area contributed by atoms with Gasteiger partial charge < -0.3 is 48.5 Å². The van der Waals surface area contributed by atoms with Crippen molar-refractivity contribution in [2.24, 2.45) is 0 Å². The van der Waals surface area contributed by atoms with Crippen molar-refractivity contribution < 1.29 is 42.7 Å². The summed E-state index contributed by atoms with van der Waals surface area (Å²) in [6, 6.07) is 23.3. The van der Waals surface area contributed by atoms with Crippen LogP contribution in [0.5, 0.6) is 46.0 Å². The topological polar surface area (TPSA) is 115 Å². The van der Waals surface area contributed by atoms with Crippen LogP contribution in [0.3, 0.4) is 0 Å². The molecule has 54 heavy (non-hydrogen) atoms. The second-order valence-electron chi connectivity index (χ2n) is 13.7. The number of rotatable bonds is 8. The third kappa shape index (κ3) is 4.77. The Balaban J connectivity index is 1.06. The van der Waals surface area contributed by atoms with E-state index in [4.69, 9.17) is 37.9 Å². The summed E-state index contributed by atoms with van der Waals surface area (Å²) in [7, 11) is 6.50. The fourth-order valence-electron chi connectivity index (χ4n) is 8.59. The summed E-state index contributed by atoms with van der Waals surface area (Å²) in [5.74, 6) is 5.18. The van der Waals surface area contributed by atoms with Gasteiger partial charge in [0, 0.05) is 45.9 Å². The summed E-state index contributed by atoms with van der Waals surface area (Å²) in [5, 5.41) is 11.5. The van der Waals surface area contributed by atoms with Crippen molar-refractivity contribution in [1.29, 1.82) is 0 Å². The van der Waals surface area contributed by atoms with Gasteiger partial charge in [0.2, 0.25) is 13.6 Å². The van der Waals surface area contributed by atoms with Gasteiger partial charge in [0.15, 0.2) is 46.0 Å². The predicted molar refractivity (Wildman–Crippen MR) is 204 cm³/mol. The number of methoxy groups -OCH3 is 4. The second kappa shape index (κ2) is 12.3. The Kier molecular flexibility index (Phi) is 7.33. The van der Waals surface area contributed by atoms with E-state index in [9.17, 15) is 4.79 Å². The molecular formula is C43H36N2O9. The van der Waals surface area contributed by atoms with Crippen molar-refractivity contribution in [3.05, 3.63) is 83.9 Å². The first-order valence-corrected chi connectivity index (χ1v) is 17.8. The molecule has 10 rings (SSSR count). The minimum absolute atomic E-state index is 0.0271. The summed E-state index contributed by atoms with van der Waals surface area (Å²) >= 11 is 0. The largest absolute Gasteiger partial charge is 0.493 e. The van der Waals surface area contributed by atoms with Crippen LogP contribution in [0.4, 0.5) is 11.4 Å². The molecule has 4 aliphatic heterocycles. The molecule has 0 aromatic heterocycles. The van der Waals surface area contributed by atoms with Crippen molar-refractivity contribution in [1.82, 2.24) is 0 Å². The lowest BCUT2D eigenvalue weighted by atomic mass is 9.82. The Morgan fingerprint density at radius 2 is 0.963 bits per heavy atom. The molecule has 0 amide bonds. The van der Waals surface area contributed by atoms with E-state index in [1.165, 1.54) is 0 Å². The van der Waals surface area contributed by atoms with Crippen LogP contribution in [-0.4, -0.2) is 47.8 Å². The molecule has 0 spiro atoms. The van der Waals surface area contributed by atoms with E-state index in [1.54, 1.807) is 28.4 Å². The molecule has 4 heterocycles. The Labute approximate surface area is 310 Å². The fraction of sp³-hybridized carbons (Fsp3) is 0.233. The molecule has 2 N–H and O–H groups in total. The second-order valence-corrected chi connectivity index (χ2v) is 13.7. The van der Waals surface area contributed by atoms with Crippen LogP contribution >= 0.6 is 0 Å². The number of nitrogens with one attached hydrogen (secondary N) is 2. The van der Waals surface area contributed by atoms with E-state index in [2.05, 4.69) is 34.9 Å². The zero-order valence-electron chi connectivity index (χ0n) is 30.1. The monoisotopic (exact) mass is 724 g/mol. The normalized spacial score (nSPS) is 16.7. The summed E-state index contributed by atoms with van der Waals surface area (Å²) in [4.78, 5) is 14.7. The van der Waals surface area contributed by atoms with Gasteiger partial charge in [-0.1, -0.05) is 24.3 Å². The van der Waals surface area contributed by atoms with Crippen LogP contribution in [0, 0.1) is 0 Å². The van der Waals surface area contributed by atoms with E-state index >= 15 is 0 Å². The smallest absolute Gasteiger partial charge is 0.231 e. The number of carbonyl (C=O) groups is 1. The molecule has 272 valence electrons. The molecule has 0 radical (unpaired) electrons. The van der Waals surface area contributed by atoms with Gasteiger partial charge >= 0.3 is 0 Å². The highest BCUT2D eigenvalue weighted by Gasteiger charge is 2.36. The van der Waals surface area contributed by atoms with Crippen LogP contribution < -0.4 is 48.5 Å². The molecule has 0 aliphatic carbocycles.